The van der Waals surface area contributed by atoms with E-state index >= 15 is 0 Å². The number of fused-ring (bicyclic) bond motifs is 5. The molecule has 2 aromatic heterocycles. The molecule has 2 aliphatic rings. The summed E-state index contributed by atoms with van der Waals surface area (Å²) in [5.41, 5.74) is -0.456. The maximum absolute atomic E-state index is 13.2. The predicted molar refractivity (Wildman–Crippen MR) is 119 cm³/mol. The van der Waals surface area contributed by atoms with Gasteiger partial charge in [0.05, 0.1) is 19.1 Å². The van der Waals surface area contributed by atoms with Gasteiger partial charge in [-0.2, -0.15) is 0 Å². The highest BCUT2D eigenvalue weighted by Crippen LogP contribution is 2.42. The summed E-state index contributed by atoms with van der Waals surface area (Å²) in [5.74, 6) is 0.102. The van der Waals surface area contributed by atoms with Crippen LogP contribution < -0.4 is 22.8 Å². The van der Waals surface area contributed by atoms with Gasteiger partial charge in [0, 0.05) is 19.5 Å². The van der Waals surface area contributed by atoms with E-state index in [2.05, 4.69) is 0 Å². The van der Waals surface area contributed by atoms with E-state index in [0.717, 1.165) is 20.1 Å². The van der Waals surface area contributed by atoms with Crippen LogP contribution in [0.4, 0.5) is 0 Å². The Morgan fingerprint density at radius 1 is 0.788 bits per heavy atom. The second kappa shape index (κ2) is 6.37. The van der Waals surface area contributed by atoms with Gasteiger partial charge in [-0.05, 0) is 22.6 Å². The Kier molecular flexibility index (Phi) is 3.75. The molecule has 0 unspecified atom stereocenters. The molecule has 2 aliphatic heterocycles. The molecule has 11 heteroatoms. The minimum absolute atomic E-state index is 0.0383. The normalized spacial score (nSPS) is 19.2. The van der Waals surface area contributed by atoms with Gasteiger partial charge in [0.25, 0.3) is 0 Å². The van der Waals surface area contributed by atoms with Crippen LogP contribution in [0.5, 0.6) is 5.75 Å². The Bertz CT molecular complexity index is 1750. The molecule has 2 aromatic carbocycles. The average molecular weight is 448 g/mol. The minimum atomic E-state index is -0.702. The molecule has 2 atom stereocenters. The summed E-state index contributed by atoms with van der Waals surface area (Å²) in [5, 5.41) is 11.7. The lowest BCUT2D eigenvalue weighted by molar-refractivity contribution is 0.246. The third-order valence-electron chi connectivity index (χ3n) is 6.82. The van der Waals surface area contributed by atoms with Crippen LogP contribution in [-0.4, -0.2) is 33.0 Å². The van der Waals surface area contributed by atoms with E-state index in [1.165, 1.54) is 32.8 Å². The van der Waals surface area contributed by atoms with Gasteiger partial charge in [0.15, 0.2) is 0 Å². The molecule has 0 fully saturated rings. The molecule has 6 rings (SSSR count). The van der Waals surface area contributed by atoms with Crippen molar-refractivity contribution in [2.45, 2.75) is 25.2 Å². The molecule has 0 amide bonds. The topological polar surface area (TPSA) is 118 Å². The van der Waals surface area contributed by atoms with E-state index in [1.807, 2.05) is 24.3 Å². The van der Waals surface area contributed by atoms with Crippen molar-refractivity contribution in [3.8, 4) is 5.75 Å². The molecule has 0 saturated heterocycles. The number of benzene rings is 2. The summed E-state index contributed by atoms with van der Waals surface area (Å²) >= 11 is 0. The standard InChI is InChI=1S/C22H20N6O5/c1-23-19(30)25-10-9-15-16(27(25)21(23)32)11-26-20(31)24(2)22(33)28(26)18(15)14-7-8-17(29)13-6-4-3-5-12(13)14/h3-9,16,18,29H,10-11H2,1-2H3/t16-,18+/m1/s1. The lowest BCUT2D eigenvalue weighted by Gasteiger charge is -2.38. The molecule has 0 saturated carbocycles. The highest BCUT2D eigenvalue weighted by molar-refractivity contribution is 5.91. The average Bonchev–Trinajstić information content (AvgIpc) is 3.18. The monoisotopic (exact) mass is 448 g/mol. The quantitative estimate of drug-likeness (QED) is 0.400. The molecule has 168 valence electrons. The summed E-state index contributed by atoms with van der Waals surface area (Å²) < 4.78 is 7.54. The summed E-state index contributed by atoms with van der Waals surface area (Å²) in [7, 11) is 2.83. The molecule has 4 heterocycles. The van der Waals surface area contributed by atoms with Gasteiger partial charge in [-0.15, -0.1) is 0 Å². The van der Waals surface area contributed by atoms with E-state index in [9.17, 15) is 24.3 Å². The first-order valence-electron chi connectivity index (χ1n) is 10.5. The number of nitrogens with zero attached hydrogens (tertiary/aromatic N) is 6. The zero-order valence-electron chi connectivity index (χ0n) is 17.9. The summed E-state index contributed by atoms with van der Waals surface area (Å²) in [6.07, 6.45) is 1.85. The van der Waals surface area contributed by atoms with E-state index in [-0.39, 0.29) is 18.8 Å². The lowest BCUT2D eigenvalue weighted by atomic mass is 9.87. The van der Waals surface area contributed by atoms with Crippen LogP contribution in [0.1, 0.15) is 17.6 Å². The van der Waals surface area contributed by atoms with Crippen LogP contribution in [0.25, 0.3) is 10.8 Å². The van der Waals surface area contributed by atoms with Crippen molar-refractivity contribution in [1.29, 1.82) is 0 Å². The first kappa shape index (κ1) is 19.4. The largest absolute Gasteiger partial charge is 0.507 e. The molecule has 0 spiro atoms. The highest BCUT2D eigenvalue weighted by Gasteiger charge is 2.41. The first-order chi connectivity index (χ1) is 15.8. The van der Waals surface area contributed by atoms with Crippen molar-refractivity contribution in [3.63, 3.8) is 0 Å². The maximum atomic E-state index is 13.2. The molecule has 0 aliphatic carbocycles. The summed E-state index contributed by atoms with van der Waals surface area (Å²) in [6, 6.07) is 9.23. The van der Waals surface area contributed by atoms with Gasteiger partial charge in [-0.1, -0.05) is 36.4 Å². The smallest absolute Gasteiger partial charge is 0.347 e. The van der Waals surface area contributed by atoms with Crippen molar-refractivity contribution in [2.24, 2.45) is 14.1 Å². The number of allylic oxidation sites excluding steroid dienone is 2. The van der Waals surface area contributed by atoms with E-state index in [1.54, 1.807) is 18.2 Å². The van der Waals surface area contributed by atoms with Gasteiger partial charge in [-0.25, -0.2) is 47.0 Å². The van der Waals surface area contributed by atoms with Crippen LogP contribution in [0.3, 0.4) is 0 Å². The number of phenols is 1. The maximum Gasteiger partial charge on any atom is 0.347 e. The number of hydrogen-bond donors (Lipinski definition) is 1. The van der Waals surface area contributed by atoms with E-state index in [4.69, 9.17) is 0 Å². The fourth-order valence-corrected chi connectivity index (χ4v) is 5.20. The molecular formula is C22H20N6O5. The summed E-state index contributed by atoms with van der Waals surface area (Å²) in [6.45, 7) is 0.204. The Hall–Kier alpha value is -4.28. The van der Waals surface area contributed by atoms with Gasteiger partial charge in [0.2, 0.25) is 0 Å². The van der Waals surface area contributed by atoms with Crippen molar-refractivity contribution in [2.75, 3.05) is 0 Å². The third-order valence-corrected chi connectivity index (χ3v) is 6.82. The van der Waals surface area contributed by atoms with Crippen LogP contribution in [0.15, 0.2) is 67.2 Å². The summed E-state index contributed by atoms with van der Waals surface area (Å²) in [4.78, 5) is 51.6. The number of aromatic hydroxyl groups is 1. The predicted octanol–water partition coefficient (Wildman–Crippen LogP) is -0.347. The zero-order valence-corrected chi connectivity index (χ0v) is 17.9. The van der Waals surface area contributed by atoms with Gasteiger partial charge >= 0.3 is 22.8 Å². The van der Waals surface area contributed by atoms with E-state index < -0.39 is 34.8 Å². The van der Waals surface area contributed by atoms with Crippen molar-refractivity contribution < 1.29 is 5.11 Å². The Labute approximate surface area is 184 Å². The van der Waals surface area contributed by atoms with Gasteiger partial charge in [-0.3, -0.25) is 0 Å². The van der Waals surface area contributed by atoms with E-state index in [0.29, 0.717) is 10.9 Å². The Balaban J connectivity index is 1.72. The molecule has 0 radical (unpaired) electrons. The molecule has 11 nitrogen and oxygen atoms in total. The Morgan fingerprint density at radius 2 is 1.42 bits per heavy atom. The molecule has 4 aromatic rings. The van der Waals surface area contributed by atoms with Crippen molar-refractivity contribution in [1.82, 2.24) is 27.9 Å². The van der Waals surface area contributed by atoms with Crippen LogP contribution >= 0.6 is 0 Å². The highest BCUT2D eigenvalue weighted by atomic mass is 16.3. The van der Waals surface area contributed by atoms with Gasteiger partial charge in [0.1, 0.15) is 11.8 Å². The van der Waals surface area contributed by atoms with Crippen LogP contribution in [-0.2, 0) is 27.2 Å². The van der Waals surface area contributed by atoms with Crippen LogP contribution in [0, 0.1) is 0 Å². The number of hydrogen-bond acceptors (Lipinski definition) is 5. The van der Waals surface area contributed by atoms with Crippen LogP contribution in [0.2, 0.25) is 0 Å². The number of aromatic nitrogens is 6. The second-order valence-electron chi connectivity index (χ2n) is 8.44. The lowest BCUT2D eigenvalue weighted by Crippen LogP contribution is -2.47. The zero-order chi connectivity index (χ0) is 23.2. The van der Waals surface area contributed by atoms with Crippen molar-refractivity contribution >= 4 is 10.8 Å². The minimum Gasteiger partial charge on any atom is -0.507 e. The number of rotatable bonds is 1. The molecule has 1 N–H and O–H groups in total. The fraction of sp³-hybridized carbons (Fsp3) is 0.273. The number of phenolic OH excluding ortho intramolecular Hbond substituents is 1. The molecule has 0 bridgehead atoms. The first-order valence-corrected chi connectivity index (χ1v) is 10.5. The SMILES string of the molecule is Cn1c(=O)n2n(c1=O)[C@@H]1Cn3c(=O)n(C)c(=O)n3[C@@H](c3ccc(O)c4ccccc34)C1=CC2. The fourth-order valence-electron chi connectivity index (χ4n) is 5.20. The van der Waals surface area contributed by atoms with Gasteiger partial charge < -0.3 is 5.11 Å². The Morgan fingerprint density at radius 3 is 2.15 bits per heavy atom. The third kappa shape index (κ3) is 2.33. The molecular weight excluding hydrogens is 428 g/mol. The second-order valence-corrected chi connectivity index (χ2v) is 8.44. The molecule has 33 heavy (non-hydrogen) atoms. The van der Waals surface area contributed by atoms with Crippen molar-refractivity contribution in [3.05, 3.63) is 95.5 Å².